The van der Waals surface area contributed by atoms with Gasteiger partial charge in [0.15, 0.2) is 0 Å². The molecule has 0 aliphatic carbocycles. The predicted molar refractivity (Wildman–Crippen MR) is 210 cm³/mol. The number of hydrogen-bond donors (Lipinski definition) is 0. The Morgan fingerprint density at radius 2 is 1.31 bits per heavy atom. The second-order valence-electron chi connectivity index (χ2n) is 11.7. The first-order chi connectivity index (χ1) is 27.1. The van der Waals surface area contributed by atoms with Crippen LogP contribution in [-0.4, -0.2) is 14.5 Å². The number of rotatable bonds is 5. The van der Waals surface area contributed by atoms with Gasteiger partial charge in [0, 0.05) is 45.7 Å². The van der Waals surface area contributed by atoms with E-state index in [-0.39, 0.29) is 31.2 Å². The normalized spacial score (nSPS) is 13.0. The molecular formula is C46H33IrN3S-2. The van der Waals surface area contributed by atoms with Crippen molar-refractivity contribution in [2.45, 2.75) is 13.7 Å². The second kappa shape index (κ2) is 15.2. The van der Waals surface area contributed by atoms with Gasteiger partial charge in [0.25, 0.3) is 0 Å². The summed E-state index contributed by atoms with van der Waals surface area (Å²) in [6.07, 6.45) is 1.30. The molecule has 0 aliphatic rings. The van der Waals surface area contributed by atoms with E-state index in [1.165, 1.54) is 56.7 Å². The van der Waals surface area contributed by atoms with E-state index in [0.717, 1.165) is 28.1 Å². The van der Waals surface area contributed by atoms with Crippen LogP contribution in [-0.2, 0) is 20.1 Å². The molecule has 0 bridgehead atoms. The second-order valence-corrected chi connectivity index (χ2v) is 12.5. The van der Waals surface area contributed by atoms with Crippen LogP contribution in [0.15, 0.2) is 164 Å². The molecule has 0 saturated carbocycles. The fraction of sp³-hybridized carbons (Fsp3) is 0.0435. The summed E-state index contributed by atoms with van der Waals surface area (Å²) in [6, 6.07) is 55.2. The van der Waals surface area contributed by atoms with Gasteiger partial charge in [-0.05, 0) is 41.4 Å². The summed E-state index contributed by atoms with van der Waals surface area (Å²) in [5.41, 5.74) is 10.4. The molecule has 0 saturated heterocycles. The minimum Gasteiger partial charge on any atom is -0.332 e. The number of hydrogen-bond acceptors (Lipinski definition) is 3. The van der Waals surface area contributed by atoms with E-state index in [9.17, 15) is 0 Å². The van der Waals surface area contributed by atoms with E-state index in [2.05, 4.69) is 148 Å². The number of fused-ring (bicyclic) bond motifs is 2. The zero-order chi connectivity index (χ0) is 38.9. The average molecular weight is 858 g/mol. The molecule has 0 spiro atoms. The molecule has 3 heterocycles. The molecule has 9 aromatic rings. The van der Waals surface area contributed by atoms with E-state index in [1.54, 1.807) is 23.5 Å². The van der Waals surface area contributed by atoms with Gasteiger partial charge in [0.2, 0.25) is 0 Å². The smallest absolute Gasteiger partial charge is 0.0774 e. The Morgan fingerprint density at radius 3 is 1.98 bits per heavy atom. The maximum absolute atomic E-state index is 7.28. The van der Waals surface area contributed by atoms with Crippen molar-refractivity contribution in [2.24, 2.45) is 0 Å². The van der Waals surface area contributed by atoms with Crippen molar-refractivity contribution in [3.05, 3.63) is 186 Å². The SMILES string of the molecule is [2H]C([2H])([2H])c1c[c-]c(-c2ccc(C([2H])([2H])[2H])cn2)cc1.[Ir].[c-]1sc2ccccc2c1-c1nc2ccccc2n1-c1c(-c2ccccc2)cccc1-c1ccccc1. The third kappa shape index (κ3) is 6.97. The van der Waals surface area contributed by atoms with E-state index in [0.29, 0.717) is 11.3 Å². The van der Waals surface area contributed by atoms with Gasteiger partial charge >= 0.3 is 0 Å². The van der Waals surface area contributed by atoms with Crippen molar-refractivity contribution >= 4 is 32.5 Å². The quantitative estimate of drug-likeness (QED) is 0.161. The van der Waals surface area contributed by atoms with Crippen LogP contribution in [0.2, 0.25) is 0 Å². The molecule has 51 heavy (non-hydrogen) atoms. The summed E-state index contributed by atoms with van der Waals surface area (Å²) in [4.78, 5) is 9.26. The molecular weight excluding hydrogens is 819 g/mol. The molecule has 0 N–H and O–H groups in total. The first-order valence-corrected chi connectivity index (χ1v) is 17.0. The van der Waals surface area contributed by atoms with Crippen LogP contribution in [0.25, 0.3) is 71.7 Å². The Morgan fingerprint density at radius 1 is 0.647 bits per heavy atom. The Bertz CT molecular complexity index is 2650. The standard InChI is InChI=1S/C33H21N2S.C13H12N.Ir/c1-3-12-23(13-4-1)25-17-11-18-26(24-14-5-2-6-15-24)32(25)35-30-20-9-8-19-29(30)34-33(35)28-22-36-31-21-10-7-16-27(28)31;1-10-3-6-12(7-4-10)13-8-5-11(2)9-14-13;/h1-21H;3-6,8-9H,1-2H3;/q2*-1;/i;1D3,2D3;. The van der Waals surface area contributed by atoms with Gasteiger partial charge in [-0.2, -0.15) is 0 Å². The minimum atomic E-state index is -2.18. The van der Waals surface area contributed by atoms with E-state index >= 15 is 0 Å². The van der Waals surface area contributed by atoms with Crippen LogP contribution in [0.5, 0.6) is 0 Å². The van der Waals surface area contributed by atoms with Crippen molar-refractivity contribution in [2.75, 3.05) is 0 Å². The third-order valence-electron chi connectivity index (χ3n) is 8.49. The molecule has 9 rings (SSSR count). The fourth-order valence-corrected chi connectivity index (χ4v) is 6.97. The maximum Gasteiger partial charge on any atom is 0.0774 e. The Balaban J connectivity index is 0.000000202. The summed E-state index contributed by atoms with van der Waals surface area (Å²) in [5, 5.41) is 4.76. The van der Waals surface area contributed by atoms with Crippen LogP contribution in [0.3, 0.4) is 0 Å². The summed E-state index contributed by atoms with van der Waals surface area (Å²) < 4.78 is 47.2. The van der Waals surface area contributed by atoms with Gasteiger partial charge in [-0.1, -0.05) is 144 Å². The van der Waals surface area contributed by atoms with Crippen LogP contribution in [0, 0.1) is 25.2 Å². The fourth-order valence-electron chi connectivity index (χ4n) is 6.13. The van der Waals surface area contributed by atoms with Gasteiger partial charge in [-0.15, -0.1) is 46.8 Å². The molecule has 0 unspecified atom stereocenters. The molecule has 6 aromatic carbocycles. The first-order valence-electron chi connectivity index (χ1n) is 19.2. The summed E-state index contributed by atoms with van der Waals surface area (Å²) in [6.45, 7) is -4.34. The van der Waals surface area contributed by atoms with Crippen LogP contribution >= 0.6 is 11.3 Å². The number of pyridine rings is 1. The average Bonchev–Trinajstić information content (AvgIpc) is 3.83. The van der Waals surface area contributed by atoms with Crippen molar-refractivity contribution < 1.29 is 28.3 Å². The Kier molecular flexibility index (Phi) is 8.14. The molecule has 0 atom stereocenters. The van der Waals surface area contributed by atoms with E-state index in [1.807, 2.05) is 0 Å². The molecule has 3 nitrogen and oxygen atoms in total. The van der Waals surface area contributed by atoms with Gasteiger partial charge in [0.05, 0.1) is 22.5 Å². The number of nitrogens with zero attached hydrogens (tertiary/aromatic N) is 3. The third-order valence-corrected chi connectivity index (χ3v) is 9.37. The zero-order valence-electron chi connectivity index (χ0n) is 33.2. The van der Waals surface area contributed by atoms with Crippen LogP contribution in [0.1, 0.15) is 19.4 Å². The topological polar surface area (TPSA) is 30.7 Å². The Labute approximate surface area is 324 Å². The van der Waals surface area contributed by atoms with Gasteiger partial charge in [0.1, 0.15) is 0 Å². The number of para-hydroxylation sites is 3. The number of thiophene rings is 1. The number of imidazole rings is 1. The number of aryl methyl sites for hydroxylation is 2. The van der Waals surface area contributed by atoms with Crippen molar-refractivity contribution in [3.63, 3.8) is 0 Å². The van der Waals surface area contributed by atoms with Crippen molar-refractivity contribution in [1.82, 2.24) is 14.5 Å². The van der Waals surface area contributed by atoms with Crippen molar-refractivity contribution in [1.29, 1.82) is 0 Å². The minimum absolute atomic E-state index is 0. The van der Waals surface area contributed by atoms with Gasteiger partial charge in [-0.3, -0.25) is 16.3 Å². The first kappa shape index (κ1) is 27.3. The van der Waals surface area contributed by atoms with Gasteiger partial charge < -0.3 is 9.55 Å². The van der Waals surface area contributed by atoms with Gasteiger partial charge in [-0.25, -0.2) is 0 Å². The number of aromatic nitrogens is 3. The van der Waals surface area contributed by atoms with Crippen molar-refractivity contribution in [3.8, 4) is 50.6 Å². The van der Waals surface area contributed by atoms with Crippen LogP contribution in [0.4, 0.5) is 0 Å². The molecule has 0 fully saturated rings. The molecule has 249 valence electrons. The maximum atomic E-state index is 7.28. The summed E-state index contributed by atoms with van der Waals surface area (Å²) in [5.74, 6) is 0.911. The predicted octanol–water partition coefficient (Wildman–Crippen LogP) is 12.2. The Hall–Kier alpha value is -5.45. The molecule has 3 aromatic heterocycles. The van der Waals surface area contributed by atoms with E-state index < -0.39 is 13.7 Å². The van der Waals surface area contributed by atoms with E-state index in [4.69, 9.17) is 13.2 Å². The molecule has 0 aliphatic heterocycles. The summed E-state index contributed by atoms with van der Waals surface area (Å²) >= 11 is 1.65. The molecule has 5 heteroatoms. The monoisotopic (exact) mass is 858 g/mol. The number of benzene rings is 6. The largest absolute Gasteiger partial charge is 0.332 e. The van der Waals surface area contributed by atoms with Crippen LogP contribution < -0.4 is 0 Å². The zero-order valence-corrected chi connectivity index (χ0v) is 30.4. The molecule has 1 radical (unpaired) electrons. The molecule has 0 amide bonds. The summed E-state index contributed by atoms with van der Waals surface area (Å²) in [7, 11) is 0.